The Morgan fingerprint density at radius 2 is 1.50 bits per heavy atom. The number of benzene rings is 2. The molecule has 20 heavy (non-hydrogen) atoms. The smallest absolute Gasteiger partial charge is 0.236 e. The van der Waals surface area contributed by atoms with Gasteiger partial charge in [-0.25, -0.2) is 8.42 Å². The SMILES string of the molecule is Cc1cc(C)c(NS(=O)(=O)Cc2ccccc2)c(C)c1. The van der Waals surface area contributed by atoms with Crippen LogP contribution >= 0.6 is 0 Å². The quantitative estimate of drug-likeness (QED) is 0.935. The van der Waals surface area contributed by atoms with Gasteiger partial charge in [0.25, 0.3) is 0 Å². The van der Waals surface area contributed by atoms with E-state index in [0.717, 1.165) is 22.3 Å². The number of anilines is 1. The average molecular weight is 289 g/mol. The molecule has 0 amide bonds. The lowest BCUT2D eigenvalue weighted by molar-refractivity contribution is 0.600. The zero-order valence-electron chi connectivity index (χ0n) is 12.0. The van der Waals surface area contributed by atoms with E-state index < -0.39 is 10.0 Å². The predicted octanol–water partition coefficient (Wildman–Crippen LogP) is 3.55. The molecule has 2 aromatic rings. The number of rotatable bonds is 4. The summed E-state index contributed by atoms with van der Waals surface area (Å²) < 4.78 is 27.2. The number of sulfonamides is 1. The van der Waals surface area contributed by atoms with Gasteiger partial charge in [-0.3, -0.25) is 4.72 Å². The monoisotopic (exact) mass is 289 g/mol. The van der Waals surface area contributed by atoms with E-state index in [-0.39, 0.29) is 5.75 Å². The van der Waals surface area contributed by atoms with E-state index in [4.69, 9.17) is 0 Å². The highest BCUT2D eigenvalue weighted by atomic mass is 32.2. The molecule has 0 heterocycles. The van der Waals surface area contributed by atoms with Gasteiger partial charge in [-0.2, -0.15) is 0 Å². The molecule has 0 unspecified atom stereocenters. The summed E-state index contributed by atoms with van der Waals surface area (Å²) in [5.74, 6) is -0.0133. The van der Waals surface area contributed by atoms with Crippen LogP contribution in [-0.4, -0.2) is 8.42 Å². The highest BCUT2D eigenvalue weighted by molar-refractivity contribution is 7.91. The van der Waals surface area contributed by atoms with E-state index in [1.807, 2.05) is 63.2 Å². The first-order chi connectivity index (χ1) is 9.37. The Kier molecular flexibility index (Phi) is 4.14. The molecule has 0 aliphatic heterocycles. The zero-order valence-corrected chi connectivity index (χ0v) is 12.8. The van der Waals surface area contributed by atoms with Crippen molar-refractivity contribution in [3.05, 3.63) is 64.7 Å². The first-order valence-corrected chi connectivity index (χ1v) is 8.15. The second kappa shape index (κ2) is 5.67. The number of aryl methyl sites for hydroxylation is 3. The molecule has 0 fully saturated rings. The summed E-state index contributed by atoms with van der Waals surface area (Å²) in [6.45, 7) is 5.84. The Morgan fingerprint density at radius 1 is 0.950 bits per heavy atom. The standard InChI is InChI=1S/C16H19NO2S/c1-12-9-13(2)16(14(3)10-12)17-20(18,19)11-15-7-5-4-6-8-15/h4-10,17H,11H2,1-3H3. The Bertz CT molecular complexity index is 684. The van der Waals surface area contributed by atoms with Crippen LogP contribution in [0.25, 0.3) is 0 Å². The predicted molar refractivity (Wildman–Crippen MR) is 83.3 cm³/mol. The van der Waals surface area contributed by atoms with Gasteiger partial charge in [0.2, 0.25) is 10.0 Å². The van der Waals surface area contributed by atoms with Crippen LogP contribution in [0.1, 0.15) is 22.3 Å². The van der Waals surface area contributed by atoms with Crippen molar-refractivity contribution in [1.29, 1.82) is 0 Å². The van der Waals surface area contributed by atoms with Crippen LogP contribution in [0.3, 0.4) is 0 Å². The summed E-state index contributed by atoms with van der Waals surface area (Å²) in [6.07, 6.45) is 0. The Morgan fingerprint density at radius 3 is 2.05 bits per heavy atom. The van der Waals surface area contributed by atoms with Gasteiger partial charge in [-0.05, 0) is 37.5 Å². The van der Waals surface area contributed by atoms with Crippen molar-refractivity contribution in [3.63, 3.8) is 0 Å². The van der Waals surface area contributed by atoms with Crippen LogP contribution in [0.4, 0.5) is 5.69 Å². The third kappa shape index (κ3) is 3.61. The van der Waals surface area contributed by atoms with E-state index in [1.54, 1.807) is 0 Å². The van der Waals surface area contributed by atoms with Gasteiger partial charge in [0.15, 0.2) is 0 Å². The summed E-state index contributed by atoms with van der Waals surface area (Å²) in [4.78, 5) is 0. The molecule has 2 rings (SSSR count). The van der Waals surface area contributed by atoms with Gasteiger partial charge in [-0.15, -0.1) is 0 Å². The van der Waals surface area contributed by atoms with Crippen molar-refractivity contribution >= 4 is 15.7 Å². The minimum atomic E-state index is -3.40. The second-order valence-corrected chi connectivity index (χ2v) is 6.84. The molecule has 1 N–H and O–H groups in total. The van der Waals surface area contributed by atoms with Gasteiger partial charge in [0.05, 0.1) is 11.4 Å². The van der Waals surface area contributed by atoms with Crippen molar-refractivity contribution < 1.29 is 8.42 Å². The highest BCUT2D eigenvalue weighted by Crippen LogP contribution is 2.23. The lowest BCUT2D eigenvalue weighted by Gasteiger charge is -2.14. The maximum Gasteiger partial charge on any atom is 0.236 e. The summed E-state index contributed by atoms with van der Waals surface area (Å²) in [6, 6.07) is 13.1. The number of hydrogen-bond acceptors (Lipinski definition) is 2. The third-order valence-corrected chi connectivity index (χ3v) is 4.36. The summed E-state index contributed by atoms with van der Waals surface area (Å²) >= 11 is 0. The van der Waals surface area contributed by atoms with Crippen LogP contribution in [0.2, 0.25) is 0 Å². The molecule has 2 aromatic carbocycles. The number of hydrogen-bond donors (Lipinski definition) is 1. The Labute approximate surface area is 120 Å². The molecule has 3 nitrogen and oxygen atoms in total. The lowest BCUT2D eigenvalue weighted by Crippen LogP contribution is -2.16. The van der Waals surface area contributed by atoms with Crippen molar-refractivity contribution in [1.82, 2.24) is 0 Å². The third-order valence-electron chi connectivity index (χ3n) is 3.13. The first-order valence-electron chi connectivity index (χ1n) is 6.50. The first kappa shape index (κ1) is 14.6. The number of nitrogens with one attached hydrogen (secondary N) is 1. The van der Waals surface area contributed by atoms with Gasteiger partial charge in [0, 0.05) is 0 Å². The molecule has 0 spiro atoms. The summed E-state index contributed by atoms with van der Waals surface area (Å²) in [7, 11) is -3.40. The molecule has 0 aliphatic carbocycles. The van der Waals surface area contributed by atoms with Crippen LogP contribution < -0.4 is 4.72 Å². The molecule has 0 saturated heterocycles. The van der Waals surface area contributed by atoms with Crippen LogP contribution in [-0.2, 0) is 15.8 Å². The maximum absolute atomic E-state index is 12.2. The summed E-state index contributed by atoms with van der Waals surface area (Å²) in [5, 5.41) is 0. The second-order valence-electron chi connectivity index (χ2n) is 5.12. The van der Waals surface area contributed by atoms with Crippen LogP contribution in [0, 0.1) is 20.8 Å². The fourth-order valence-corrected chi connectivity index (χ4v) is 3.66. The van der Waals surface area contributed by atoms with Crippen LogP contribution in [0.15, 0.2) is 42.5 Å². The normalized spacial score (nSPS) is 11.3. The minimum absolute atomic E-state index is 0.0133. The molecular weight excluding hydrogens is 270 g/mol. The van der Waals surface area contributed by atoms with Gasteiger partial charge in [-0.1, -0.05) is 48.0 Å². The fraction of sp³-hybridized carbons (Fsp3) is 0.250. The minimum Gasteiger partial charge on any atom is -0.283 e. The van der Waals surface area contributed by atoms with E-state index >= 15 is 0 Å². The molecule has 0 atom stereocenters. The fourth-order valence-electron chi connectivity index (χ4n) is 2.33. The van der Waals surface area contributed by atoms with E-state index in [1.165, 1.54) is 0 Å². The molecule has 0 bridgehead atoms. The lowest BCUT2D eigenvalue weighted by atomic mass is 10.1. The van der Waals surface area contributed by atoms with E-state index in [2.05, 4.69) is 4.72 Å². The molecule has 4 heteroatoms. The molecule has 106 valence electrons. The van der Waals surface area contributed by atoms with Crippen molar-refractivity contribution in [2.45, 2.75) is 26.5 Å². The molecule has 0 aliphatic rings. The van der Waals surface area contributed by atoms with E-state index in [0.29, 0.717) is 5.69 Å². The Balaban J connectivity index is 2.25. The van der Waals surface area contributed by atoms with Crippen molar-refractivity contribution in [2.75, 3.05) is 4.72 Å². The highest BCUT2D eigenvalue weighted by Gasteiger charge is 2.14. The van der Waals surface area contributed by atoms with Gasteiger partial charge in [0.1, 0.15) is 0 Å². The van der Waals surface area contributed by atoms with Crippen molar-refractivity contribution in [2.24, 2.45) is 0 Å². The topological polar surface area (TPSA) is 46.2 Å². The maximum atomic E-state index is 12.2. The Hall–Kier alpha value is -1.81. The average Bonchev–Trinajstić information content (AvgIpc) is 2.34. The van der Waals surface area contributed by atoms with Crippen molar-refractivity contribution in [3.8, 4) is 0 Å². The molecule has 0 aromatic heterocycles. The zero-order chi connectivity index (χ0) is 14.8. The van der Waals surface area contributed by atoms with E-state index in [9.17, 15) is 8.42 Å². The van der Waals surface area contributed by atoms with Gasteiger partial charge < -0.3 is 0 Å². The van der Waals surface area contributed by atoms with Gasteiger partial charge >= 0.3 is 0 Å². The molecule has 0 radical (unpaired) electrons. The van der Waals surface area contributed by atoms with Crippen LogP contribution in [0.5, 0.6) is 0 Å². The molecule has 0 saturated carbocycles. The molecular formula is C16H19NO2S. The largest absolute Gasteiger partial charge is 0.283 e. The summed E-state index contributed by atoms with van der Waals surface area (Å²) in [5.41, 5.74) is 4.48.